The lowest BCUT2D eigenvalue weighted by molar-refractivity contribution is -0.120. The quantitative estimate of drug-likeness (QED) is 0.812. The molecule has 2 aromatic rings. The zero-order valence-corrected chi connectivity index (χ0v) is 12.7. The maximum Gasteiger partial charge on any atom is 0.168 e. The summed E-state index contributed by atoms with van der Waals surface area (Å²) < 4.78 is 33.5. The van der Waals surface area contributed by atoms with Crippen LogP contribution in [0.1, 0.15) is 42.7 Å². The monoisotopic (exact) mass is 316 g/mol. The van der Waals surface area contributed by atoms with Crippen LogP contribution >= 0.6 is 0 Å². The fraction of sp³-hybridized carbons (Fsp3) is 0.316. The molecule has 2 nitrogen and oxygen atoms in total. The summed E-state index contributed by atoms with van der Waals surface area (Å²) in [4.78, 5) is 11.4. The summed E-state index contributed by atoms with van der Waals surface area (Å²) in [5.41, 5.74) is 1.45. The number of carbonyl (C=O) groups is 1. The van der Waals surface area contributed by atoms with E-state index in [-0.39, 0.29) is 24.1 Å². The van der Waals surface area contributed by atoms with E-state index >= 15 is 0 Å². The Morgan fingerprint density at radius 2 is 1.74 bits per heavy atom. The molecule has 0 radical (unpaired) electrons. The van der Waals surface area contributed by atoms with Crippen LogP contribution in [0, 0.1) is 11.6 Å². The molecule has 0 amide bonds. The molecule has 0 unspecified atom stereocenters. The highest BCUT2D eigenvalue weighted by atomic mass is 19.1. The molecule has 23 heavy (non-hydrogen) atoms. The average molecular weight is 316 g/mol. The molecule has 0 bridgehead atoms. The minimum Gasteiger partial charge on any atom is -0.486 e. The summed E-state index contributed by atoms with van der Waals surface area (Å²) in [6, 6.07) is 11.6. The number of carbonyl (C=O) groups excluding carboxylic acids is 1. The molecular weight excluding hydrogens is 298 g/mol. The highest BCUT2D eigenvalue weighted by molar-refractivity contribution is 5.79. The molecule has 1 aliphatic carbocycles. The Kier molecular flexibility index (Phi) is 4.70. The van der Waals surface area contributed by atoms with Gasteiger partial charge in [0.25, 0.3) is 0 Å². The van der Waals surface area contributed by atoms with Gasteiger partial charge in [0.1, 0.15) is 18.2 Å². The van der Waals surface area contributed by atoms with Gasteiger partial charge in [0.2, 0.25) is 0 Å². The molecule has 0 N–H and O–H groups in total. The minimum atomic E-state index is -0.687. The Hall–Kier alpha value is -2.23. The summed E-state index contributed by atoms with van der Waals surface area (Å²) in [6.07, 6.45) is 2.15. The normalized spacial score (nSPS) is 15.7. The van der Waals surface area contributed by atoms with Crippen LogP contribution in [0.2, 0.25) is 0 Å². The van der Waals surface area contributed by atoms with Crippen molar-refractivity contribution in [3.05, 3.63) is 65.2 Å². The van der Waals surface area contributed by atoms with Gasteiger partial charge in [-0.3, -0.25) is 4.79 Å². The third-order valence-electron chi connectivity index (χ3n) is 4.25. The second kappa shape index (κ2) is 6.90. The summed E-state index contributed by atoms with van der Waals surface area (Å²) in [5, 5.41) is 0. The number of Topliss-reactive ketones (excluding diaryl/α,β-unsaturated/α-hetero) is 1. The summed E-state index contributed by atoms with van der Waals surface area (Å²) in [6.45, 7) is 0.224. The van der Waals surface area contributed by atoms with E-state index in [9.17, 15) is 13.6 Å². The first-order valence-corrected chi connectivity index (χ1v) is 7.81. The third-order valence-corrected chi connectivity index (χ3v) is 4.25. The van der Waals surface area contributed by atoms with E-state index in [0.29, 0.717) is 31.2 Å². The zero-order valence-electron chi connectivity index (χ0n) is 12.7. The van der Waals surface area contributed by atoms with Gasteiger partial charge in [0, 0.05) is 24.5 Å². The lowest BCUT2D eigenvalue weighted by Crippen LogP contribution is -2.14. The smallest absolute Gasteiger partial charge is 0.168 e. The van der Waals surface area contributed by atoms with Crippen molar-refractivity contribution >= 4 is 5.78 Å². The second-order valence-electron chi connectivity index (χ2n) is 5.89. The fourth-order valence-electron chi connectivity index (χ4n) is 3.02. The zero-order chi connectivity index (χ0) is 16.2. The van der Waals surface area contributed by atoms with Crippen LogP contribution in [0.3, 0.4) is 0 Å². The second-order valence-corrected chi connectivity index (χ2v) is 5.89. The van der Waals surface area contributed by atoms with Crippen LogP contribution in [-0.4, -0.2) is 5.78 Å². The Morgan fingerprint density at radius 1 is 1.04 bits per heavy atom. The van der Waals surface area contributed by atoms with Gasteiger partial charge >= 0.3 is 0 Å². The maximum atomic E-state index is 14.2. The largest absolute Gasteiger partial charge is 0.486 e. The van der Waals surface area contributed by atoms with Gasteiger partial charge in [-0.05, 0) is 30.4 Å². The van der Waals surface area contributed by atoms with Gasteiger partial charge in [-0.25, -0.2) is 8.78 Å². The number of rotatable bonds is 4. The maximum absolute atomic E-state index is 14.2. The van der Waals surface area contributed by atoms with Crippen molar-refractivity contribution in [2.24, 2.45) is 0 Å². The van der Waals surface area contributed by atoms with E-state index in [1.165, 1.54) is 6.07 Å². The fourth-order valence-corrected chi connectivity index (χ4v) is 3.02. The van der Waals surface area contributed by atoms with Crippen molar-refractivity contribution in [1.82, 2.24) is 0 Å². The van der Waals surface area contributed by atoms with Crippen LogP contribution in [0.25, 0.3) is 0 Å². The van der Waals surface area contributed by atoms with Crippen molar-refractivity contribution in [2.75, 3.05) is 0 Å². The number of ketones is 1. The molecule has 120 valence electrons. The Balaban J connectivity index is 1.84. The molecule has 0 aliphatic heterocycles. The van der Waals surface area contributed by atoms with Crippen molar-refractivity contribution in [2.45, 2.75) is 38.2 Å². The van der Waals surface area contributed by atoms with Crippen LogP contribution in [0.4, 0.5) is 8.78 Å². The molecule has 0 heterocycles. The van der Waals surface area contributed by atoms with Crippen LogP contribution in [-0.2, 0) is 11.4 Å². The van der Waals surface area contributed by atoms with Gasteiger partial charge in [-0.1, -0.05) is 30.3 Å². The van der Waals surface area contributed by atoms with Crippen LogP contribution in [0.5, 0.6) is 5.75 Å². The van der Waals surface area contributed by atoms with Crippen molar-refractivity contribution < 1.29 is 18.3 Å². The molecule has 0 spiro atoms. The van der Waals surface area contributed by atoms with E-state index in [4.69, 9.17) is 4.74 Å². The number of hydrogen-bond donors (Lipinski definition) is 0. The topological polar surface area (TPSA) is 26.3 Å². The standard InChI is InChI=1S/C19H18F2O2/c20-15-10-17(14-6-8-16(22)9-7-14)19(18(21)11-15)23-12-13-4-2-1-3-5-13/h1-5,10-11,14H,6-9,12H2. The molecule has 2 aromatic carbocycles. The molecule has 0 aromatic heterocycles. The molecule has 3 rings (SSSR count). The third kappa shape index (κ3) is 3.76. The Labute approximate surface area is 134 Å². The van der Waals surface area contributed by atoms with Crippen LogP contribution < -0.4 is 4.74 Å². The summed E-state index contributed by atoms with van der Waals surface area (Å²) in [5.74, 6) is -1.02. The van der Waals surface area contributed by atoms with Gasteiger partial charge < -0.3 is 4.74 Å². The Morgan fingerprint density at radius 3 is 2.43 bits per heavy atom. The molecule has 1 fully saturated rings. The van der Waals surface area contributed by atoms with Gasteiger partial charge in [-0.15, -0.1) is 0 Å². The average Bonchev–Trinajstić information content (AvgIpc) is 2.55. The predicted octanol–water partition coefficient (Wildman–Crippen LogP) is 4.77. The molecule has 0 saturated heterocycles. The molecule has 1 saturated carbocycles. The first-order chi connectivity index (χ1) is 11.1. The van der Waals surface area contributed by atoms with E-state index in [2.05, 4.69) is 0 Å². The van der Waals surface area contributed by atoms with Crippen molar-refractivity contribution in [1.29, 1.82) is 0 Å². The van der Waals surface area contributed by atoms with Gasteiger partial charge in [-0.2, -0.15) is 0 Å². The van der Waals surface area contributed by atoms with E-state index in [0.717, 1.165) is 11.6 Å². The van der Waals surface area contributed by atoms with Crippen LogP contribution in [0.15, 0.2) is 42.5 Å². The van der Waals surface area contributed by atoms with E-state index in [1.807, 2.05) is 30.3 Å². The first-order valence-electron chi connectivity index (χ1n) is 7.81. The minimum absolute atomic E-state index is 0.0383. The Bertz CT molecular complexity index is 688. The molecule has 4 heteroatoms. The molecule has 1 aliphatic rings. The predicted molar refractivity (Wildman–Crippen MR) is 83.3 cm³/mol. The highest BCUT2D eigenvalue weighted by Gasteiger charge is 2.25. The van der Waals surface area contributed by atoms with E-state index < -0.39 is 11.6 Å². The van der Waals surface area contributed by atoms with E-state index in [1.54, 1.807) is 0 Å². The van der Waals surface area contributed by atoms with Gasteiger partial charge in [0.05, 0.1) is 0 Å². The first kappa shape index (κ1) is 15.7. The highest BCUT2D eigenvalue weighted by Crippen LogP contribution is 2.38. The summed E-state index contributed by atoms with van der Waals surface area (Å²) >= 11 is 0. The SMILES string of the molecule is O=C1CCC(c2cc(F)cc(F)c2OCc2ccccc2)CC1. The number of ether oxygens (including phenoxy) is 1. The lowest BCUT2D eigenvalue weighted by Gasteiger charge is -2.24. The molecule has 0 atom stereocenters. The lowest BCUT2D eigenvalue weighted by atomic mass is 9.83. The summed E-state index contributed by atoms with van der Waals surface area (Å²) in [7, 11) is 0. The number of hydrogen-bond acceptors (Lipinski definition) is 2. The van der Waals surface area contributed by atoms with Crippen molar-refractivity contribution in [3.8, 4) is 5.75 Å². The van der Waals surface area contributed by atoms with Crippen molar-refractivity contribution in [3.63, 3.8) is 0 Å². The number of halogens is 2. The number of benzene rings is 2. The van der Waals surface area contributed by atoms with Gasteiger partial charge in [0.15, 0.2) is 11.6 Å². The molecular formula is C19H18F2O2.